The summed E-state index contributed by atoms with van der Waals surface area (Å²) in [7, 11) is 0. The van der Waals surface area contributed by atoms with Crippen molar-refractivity contribution in [2.75, 3.05) is 0 Å². The highest BCUT2D eigenvalue weighted by Gasteiger charge is 2.04. The molecule has 6 heteroatoms. The van der Waals surface area contributed by atoms with Crippen LogP contribution in [-0.4, -0.2) is 24.7 Å². The largest absolute Gasteiger partial charge is 0.324 e. The van der Waals surface area contributed by atoms with Gasteiger partial charge in [0.25, 0.3) is 0 Å². The maximum atomic E-state index is 5.42. The summed E-state index contributed by atoms with van der Waals surface area (Å²) >= 11 is 0. The monoisotopic (exact) mass is 204 g/mol. The lowest BCUT2D eigenvalue weighted by molar-refractivity contribution is 0.794. The predicted octanol–water partition coefficient (Wildman–Crippen LogP) is 0.133. The molecule has 78 valence electrons. The quantitative estimate of drug-likeness (QED) is 0.752. The van der Waals surface area contributed by atoms with Crippen LogP contribution in [0.1, 0.15) is 17.2 Å². The molecule has 2 rings (SSSR count). The molecule has 0 bridgehead atoms. The van der Waals surface area contributed by atoms with E-state index in [0.717, 1.165) is 11.4 Å². The Morgan fingerprint density at radius 2 is 2.07 bits per heavy atom. The van der Waals surface area contributed by atoms with Crippen LogP contribution < -0.4 is 5.73 Å². The number of aryl methyl sites for hydroxylation is 2. The first-order valence-corrected chi connectivity index (χ1v) is 4.62. The van der Waals surface area contributed by atoms with E-state index in [2.05, 4.69) is 20.1 Å². The lowest BCUT2D eigenvalue weighted by Crippen LogP contribution is -2.04. The molecule has 0 atom stereocenters. The van der Waals surface area contributed by atoms with Crippen molar-refractivity contribution in [3.63, 3.8) is 0 Å². The van der Waals surface area contributed by atoms with Gasteiger partial charge in [0, 0.05) is 0 Å². The summed E-state index contributed by atoms with van der Waals surface area (Å²) in [5, 5.41) is 4.15. The fourth-order valence-electron chi connectivity index (χ4n) is 1.14. The third-order valence-corrected chi connectivity index (χ3v) is 2.14. The van der Waals surface area contributed by atoms with E-state index in [1.807, 2.05) is 13.8 Å². The normalized spacial score (nSPS) is 10.6. The van der Waals surface area contributed by atoms with Gasteiger partial charge in [-0.15, -0.1) is 5.10 Å². The number of aromatic nitrogens is 5. The van der Waals surface area contributed by atoms with Crippen LogP contribution in [0.15, 0.2) is 12.5 Å². The average Bonchev–Trinajstić information content (AvgIpc) is 2.70. The van der Waals surface area contributed by atoms with Crippen LogP contribution in [0, 0.1) is 13.8 Å². The van der Waals surface area contributed by atoms with E-state index < -0.39 is 0 Å². The van der Waals surface area contributed by atoms with Crippen molar-refractivity contribution in [3.05, 3.63) is 29.7 Å². The van der Waals surface area contributed by atoms with Gasteiger partial charge in [0.05, 0.1) is 24.1 Å². The molecule has 0 amide bonds. The van der Waals surface area contributed by atoms with E-state index in [1.165, 1.54) is 0 Å². The van der Waals surface area contributed by atoms with Crippen LogP contribution in [0.5, 0.6) is 0 Å². The molecule has 0 aliphatic carbocycles. The maximum absolute atomic E-state index is 5.42. The molecule has 2 N–H and O–H groups in total. The summed E-state index contributed by atoms with van der Waals surface area (Å²) in [5.41, 5.74) is 7.22. The van der Waals surface area contributed by atoms with Crippen molar-refractivity contribution in [3.8, 4) is 5.82 Å². The van der Waals surface area contributed by atoms with Crippen molar-refractivity contribution in [2.45, 2.75) is 20.4 Å². The van der Waals surface area contributed by atoms with Crippen LogP contribution >= 0.6 is 0 Å². The summed E-state index contributed by atoms with van der Waals surface area (Å²) < 4.78 is 1.57. The topological polar surface area (TPSA) is 82.5 Å². The molecule has 0 radical (unpaired) electrons. The summed E-state index contributed by atoms with van der Waals surface area (Å²) in [5.74, 6) is 1.25. The van der Waals surface area contributed by atoms with Crippen molar-refractivity contribution in [1.29, 1.82) is 0 Å². The minimum atomic E-state index is 0.325. The van der Waals surface area contributed by atoms with Crippen LogP contribution in [0.3, 0.4) is 0 Å². The molecular weight excluding hydrogens is 192 g/mol. The predicted molar refractivity (Wildman–Crippen MR) is 54.3 cm³/mol. The van der Waals surface area contributed by atoms with E-state index in [0.29, 0.717) is 18.2 Å². The van der Waals surface area contributed by atoms with Gasteiger partial charge < -0.3 is 5.73 Å². The molecule has 0 saturated heterocycles. The zero-order valence-electron chi connectivity index (χ0n) is 8.68. The first-order chi connectivity index (χ1) is 7.20. The lowest BCUT2D eigenvalue weighted by Gasteiger charge is -2.01. The molecule has 0 aromatic carbocycles. The first-order valence-electron chi connectivity index (χ1n) is 4.62. The Kier molecular flexibility index (Phi) is 2.42. The van der Waals surface area contributed by atoms with E-state index in [4.69, 9.17) is 5.73 Å². The minimum absolute atomic E-state index is 0.325. The van der Waals surface area contributed by atoms with Crippen LogP contribution in [0.4, 0.5) is 0 Å². The number of nitrogens with zero attached hydrogens (tertiary/aromatic N) is 5. The Morgan fingerprint density at radius 1 is 1.27 bits per heavy atom. The van der Waals surface area contributed by atoms with Gasteiger partial charge in [0.1, 0.15) is 6.33 Å². The van der Waals surface area contributed by atoms with E-state index in [9.17, 15) is 0 Å². The molecule has 6 nitrogen and oxygen atoms in total. The summed E-state index contributed by atoms with van der Waals surface area (Å²) in [6.45, 7) is 4.15. The van der Waals surface area contributed by atoms with Crippen molar-refractivity contribution in [1.82, 2.24) is 24.7 Å². The molecule has 0 aliphatic rings. The van der Waals surface area contributed by atoms with Crippen LogP contribution in [-0.2, 0) is 6.54 Å². The molecule has 2 aromatic rings. The van der Waals surface area contributed by atoms with Crippen molar-refractivity contribution >= 4 is 0 Å². The van der Waals surface area contributed by atoms with E-state index in [-0.39, 0.29) is 0 Å². The highest BCUT2D eigenvalue weighted by Crippen LogP contribution is 2.04. The first kappa shape index (κ1) is 9.72. The van der Waals surface area contributed by atoms with E-state index in [1.54, 1.807) is 17.2 Å². The minimum Gasteiger partial charge on any atom is -0.324 e. The standard InChI is InChI=1S/C9H12N6/c1-6-7(2)13-9(4-11-6)15-5-12-8(3-10)14-15/h4-5H,3,10H2,1-2H3. The molecule has 0 spiro atoms. The average molecular weight is 204 g/mol. The van der Waals surface area contributed by atoms with Gasteiger partial charge in [-0.25, -0.2) is 14.6 Å². The number of hydrogen-bond donors (Lipinski definition) is 1. The highest BCUT2D eigenvalue weighted by molar-refractivity contribution is 5.20. The van der Waals surface area contributed by atoms with E-state index >= 15 is 0 Å². The molecule has 0 fully saturated rings. The molecule has 2 aromatic heterocycles. The third kappa shape index (κ3) is 1.84. The van der Waals surface area contributed by atoms with Crippen molar-refractivity contribution < 1.29 is 0 Å². The Hall–Kier alpha value is -1.82. The van der Waals surface area contributed by atoms with Gasteiger partial charge in [-0.1, -0.05) is 0 Å². The van der Waals surface area contributed by atoms with Gasteiger partial charge in [0.2, 0.25) is 0 Å². The number of nitrogens with two attached hydrogens (primary N) is 1. The maximum Gasteiger partial charge on any atom is 0.173 e. The second kappa shape index (κ2) is 3.74. The molecule has 0 aliphatic heterocycles. The SMILES string of the molecule is Cc1ncc(-n2cnc(CN)n2)nc1C. The lowest BCUT2D eigenvalue weighted by atomic mass is 10.3. The van der Waals surface area contributed by atoms with Gasteiger partial charge in [-0.3, -0.25) is 4.98 Å². The Labute approximate surface area is 87.2 Å². The molecule has 2 heterocycles. The van der Waals surface area contributed by atoms with Crippen LogP contribution in [0.2, 0.25) is 0 Å². The summed E-state index contributed by atoms with van der Waals surface area (Å²) in [6, 6.07) is 0. The van der Waals surface area contributed by atoms with Gasteiger partial charge in [0.15, 0.2) is 11.6 Å². The van der Waals surface area contributed by atoms with Gasteiger partial charge in [-0.2, -0.15) is 0 Å². The second-order valence-corrected chi connectivity index (χ2v) is 3.21. The second-order valence-electron chi connectivity index (χ2n) is 3.21. The molecule has 0 unspecified atom stereocenters. The van der Waals surface area contributed by atoms with Crippen molar-refractivity contribution in [2.24, 2.45) is 5.73 Å². The fourth-order valence-corrected chi connectivity index (χ4v) is 1.14. The summed E-state index contributed by atoms with van der Waals surface area (Å²) in [4.78, 5) is 12.6. The number of rotatable bonds is 2. The van der Waals surface area contributed by atoms with Gasteiger partial charge in [-0.05, 0) is 13.8 Å². The fraction of sp³-hybridized carbons (Fsp3) is 0.333. The molecule has 15 heavy (non-hydrogen) atoms. The number of hydrogen-bond acceptors (Lipinski definition) is 5. The zero-order chi connectivity index (χ0) is 10.8. The summed E-state index contributed by atoms with van der Waals surface area (Å²) in [6.07, 6.45) is 3.25. The van der Waals surface area contributed by atoms with Crippen LogP contribution in [0.25, 0.3) is 5.82 Å². The Bertz CT molecular complexity index is 475. The molecular formula is C9H12N6. The Morgan fingerprint density at radius 3 is 2.67 bits per heavy atom. The highest BCUT2D eigenvalue weighted by atomic mass is 15.4. The zero-order valence-corrected chi connectivity index (χ0v) is 8.68. The van der Waals surface area contributed by atoms with Gasteiger partial charge >= 0.3 is 0 Å². The third-order valence-electron chi connectivity index (χ3n) is 2.14. The Balaban J connectivity index is 2.40. The smallest absolute Gasteiger partial charge is 0.173 e. The molecule has 0 saturated carbocycles.